The van der Waals surface area contributed by atoms with Crippen molar-refractivity contribution in [2.45, 2.75) is 37.9 Å². The van der Waals surface area contributed by atoms with Crippen LogP contribution in [0.2, 0.25) is 0 Å². The Morgan fingerprint density at radius 3 is 2.25 bits per heavy atom. The molecule has 1 aliphatic carbocycles. The van der Waals surface area contributed by atoms with E-state index in [9.17, 15) is 22.8 Å². The molecule has 1 saturated heterocycles. The number of nitrogens with zero attached hydrogens (tertiary/aromatic N) is 1. The molecule has 7 heteroatoms. The van der Waals surface area contributed by atoms with E-state index < -0.39 is 17.6 Å². The standard InChI is InChI=1S/C17H19F3N2O2/c18-17(19,20)14-4-2-1-3-13(14)15(23)21-12-7-9-22(10-8-12)16(24)11-5-6-11/h1-4,11-12H,5-10H2,(H,21,23). The SMILES string of the molecule is O=C(NC1CCN(C(=O)C2CC2)CC1)c1ccccc1C(F)(F)F. The highest BCUT2D eigenvalue weighted by atomic mass is 19.4. The van der Waals surface area contributed by atoms with Crippen molar-refractivity contribution in [3.05, 3.63) is 35.4 Å². The summed E-state index contributed by atoms with van der Waals surface area (Å²) in [6.45, 7) is 1.09. The Labute approximate surface area is 138 Å². The molecule has 0 unspecified atom stereocenters. The fourth-order valence-electron chi connectivity index (χ4n) is 3.02. The molecule has 2 fully saturated rings. The Morgan fingerprint density at radius 2 is 1.67 bits per heavy atom. The number of nitrogens with one attached hydrogen (secondary N) is 1. The lowest BCUT2D eigenvalue weighted by Gasteiger charge is -2.32. The zero-order valence-corrected chi connectivity index (χ0v) is 13.1. The number of carbonyl (C=O) groups is 2. The van der Waals surface area contributed by atoms with Gasteiger partial charge in [-0.1, -0.05) is 12.1 Å². The van der Waals surface area contributed by atoms with E-state index in [1.54, 1.807) is 4.90 Å². The average molecular weight is 340 g/mol. The van der Waals surface area contributed by atoms with Gasteiger partial charge in [0.25, 0.3) is 5.91 Å². The lowest BCUT2D eigenvalue weighted by Crippen LogP contribution is -2.47. The van der Waals surface area contributed by atoms with Gasteiger partial charge in [-0.2, -0.15) is 13.2 Å². The molecule has 1 N–H and O–H groups in total. The molecular weight excluding hydrogens is 321 g/mol. The first-order valence-electron chi connectivity index (χ1n) is 8.12. The molecular formula is C17H19F3N2O2. The van der Waals surface area contributed by atoms with Gasteiger partial charge in [-0.05, 0) is 37.8 Å². The van der Waals surface area contributed by atoms with Crippen molar-refractivity contribution >= 4 is 11.8 Å². The lowest BCUT2D eigenvalue weighted by atomic mass is 10.0. The molecule has 2 amide bonds. The van der Waals surface area contributed by atoms with E-state index in [1.165, 1.54) is 18.2 Å². The second-order valence-corrected chi connectivity index (χ2v) is 6.39. The molecule has 0 atom stereocenters. The number of alkyl halides is 3. The minimum absolute atomic E-state index is 0.162. The van der Waals surface area contributed by atoms with Crippen LogP contribution in [0.15, 0.2) is 24.3 Å². The monoisotopic (exact) mass is 340 g/mol. The Morgan fingerprint density at radius 1 is 1.04 bits per heavy atom. The quantitative estimate of drug-likeness (QED) is 0.920. The highest BCUT2D eigenvalue weighted by molar-refractivity contribution is 5.96. The summed E-state index contributed by atoms with van der Waals surface area (Å²) in [5.41, 5.74) is -1.29. The Bertz CT molecular complexity index is 633. The second kappa shape index (κ2) is 6.45. The highest BCUT2D eigenvalue weighted by Gasteiger charge is 2.37. The number of halogens is 3. The molecule has 3 rings (SSSR count). The van der Waals surface area contributed by atoms with Crippen LogP contribution in [0.4, 0.5) is 13.2 Å². The number of hydrogen-bond donors (Lipinski definition) is 1. The normalized spacial score (nSPS) is 19.2. The fourth-order valence-corrected chi connectivity index (χ4v) is 3.02. The first kappa shape index (κ1) is 16.8. The summed E-state index contributed by atoms with van der Waals surface area (Å²) in [4.78, 5) is 26.0. The maximum Gasteiger partial charge on any atom is 0.417 e. The average Bonchev–Trinajstić information content (AvgIpc) is 3.39. The van der Waals surface area contributed by atoms with Crippen LogP contribution in [0.25, 0.3) is 0 Å². The molecule has 24 heavy (non-hydrogen) atoms. The van der Waals surface area contributed by atoms with Crippen LogP contribution < -0.4 is 5.32 Å². The van der Waals surface area contributed by atoms with Gasteiger partial charge in [-0.15, -0.1) is 0 Å². The van der Waals surface area contributed by atoms with Gasteiger partial charge in [0, 0.05) is 25.0 Å². The molecule has 4 nitrogen and oxygen atoms in total. The van der Waals surface area contributed by atoms with Crippen molar-refractivity contribution in [2.24, 2.45) is 5.92 Å². The zero-order chi connectivity index (χ0) is 17.3. The smallest absolute Gasteiger partial charge is 0.349 e. The first-order valence-corrected chi connectivity index (χ1v) is 8.12. The van der Waals surface area contributed by atoms with Crippen LogP contribution in [0.3, 0.4) is 0 Å². The molecule has 2 aliphatic rings. The summed E-state index contributed by atoms with van der Waals surface area (Å²) in [6.07, 6.45) is -1.53. The van der Waals surface area contributed by atoms with Crippen LogP contribution in [-0.2, 0) is 11.0 Å². The van der Waals surface area contributed by atoms with E-state index in [0.29, 0.717) is 25.9 Å². The summed E-state index contributed by atoms with van der Waals surface area (Å²) >= 11 is 0. The third kappa shape index (κ3) is 3.71. The van der Waals surface area contributed by atoms with Crippen LogP contribution in [0.5, 0.6) is 0 Å². The zero-order valence-electron chi connectivity index (χ0n) is 13.1. The van der Waals surface area contributed by atoms with Gasteiger partial charge in [0.1, 0.15) is 0 Å². The summed E-state index contributed by atoms with van der Waals surface area (Å²) in [5.74, 6) is -0.383. The summed E-state index contributed by atoms with van der Waals surface area (Å²) in [7, 11) is 0. The molecule has 130 valence electrons. The maximum atomic E-state index is 13.0. The molecule has 0 bridgehead atoms. The predicted octanol–water partition coefficient (Wildman–Crippen LogP) is 2.84. The molecule has 1 aliphatic heterocycles. The van der Waals surface area contributed by atoms with Gasteiger partial charge < -0.3 is 10.2 Å². The fraction of sp³-hybridized carbons (Fsp3) is 0.529. The van der Waals surface area contributed by atoms with Gasteiger partial charge in [0.05, 0.1) is 11.1 Å². The number of likely N-dealkylation sites (tertiary alicyclic amines) is 1. The van der Waals surface area contributed by atoms with Gasteiger partial charge in [0.15, 0.2) is 0 Å². The van der Waals surface area contributed by atoms with Crippen LogP contribution >= 0.6 is 0 Å². The van der Waals surface area contributed by atoms with E-state index in [2.05, 4.69) is 5.32 Å². The summed E-state index contributed by atoms with van der Waals surface area (Å²) in [6, 6.07) is 4.57. The van der Waals surface area contributed by atoms with Gasteiger partial charge >= 0.3 is 6.18 Å². The van der Waals surface area contributed by atoms with Gasteiger partial charge in [-0.25, -0.2) is 0 Å². The lowest BCUT2D eigenvalue weighted by molar-refractivity contribution is -0.138. The molecule has 1 heterocycles. The number of benzene rings is 1. The number of hydrogen-bond acceptors (Lipinski definition) is 2. The third-order valence-corrected chi connectivity index (χ3v) is 4.55. The molecule has 1 saturated carbocycles. The predicted molar refractivity (Wildman–Crippen MR) is 81.2 cm³/mol. The first-order chi connectivity index (χ1) is 11.4. The molecule has 0 radical (unpaired) electrons. The minimum Gasteiger partial charge on any atom is -0.349 e. The van der Waals surface area contributed by atoms with Crippen LogP contribution in [0.1, 0.15) is 41.6 Å². The van der Waals surface area contributed by atoms with Crippen LogP contribution in [-0.4, -0.2) is 35.8 Å². The van der Waals surface area contributed by atoms with Gasteiger partial charge in [0.2, 0.25) is 5.91 Å². The number of rotatable bonds is 3. The van der Waals surface area contributed by atoms with E-state index in [0.717, 1.165) is 18.9 Å². The highest BCUT2D eigenvalue weighted by Crippen LogP contribution is 2.33. The topological polar surface area (TPSA) is 49.4 Å². The Balaban J connectivity index is 1.59. The Kier molecular flexibility index (Phi) is 4.51. The van der Waals surface area contributed by atoms with E-state index >= 15 is 0 Å². The maximum absolute atomic E-state index is 13.0. The molecule has 0 spiro atoms. The molecule has 0 aromatic heterocycles. The van der Waals surface area contributed by atoms with Gasteiger partial charge in [-0.3, -0.25) is 9.59 Å². The number of piperidine rings is 1. The largest absolute Gasteiger partial charge is 0.417 e. The Hall–Kier alpha value is -2.05. The second-order valence-electron chi connectivity index (χ2n) is 6.39. The van der Waals surface area contributed by atoms with Crippen molar-refractivity contribution in [3.63, 3.8) is 0 Å². The van der Waals surface area contributed by atoms with Crippen LogP contribution in [0, 0.1) is 5.92 Å². The van der Waals surface area contributed by atoms with Crippen molar-refractivity contribution in [2.75, 3.05) is 13.1 Å². The van der Waals surface area contributed by atoms with Crippen molar-refractivity contribution in [1.29, 1.82) is 0 Å². The minimum atomic E-state index is -4.56. The van der Waals surface area contributed by atoms with E-state index in [-0.39, 0.29) is 23.4 Å². The van der Waals surface area contributed by atoms with E-state index in [1.807, 2.05) is 0 Å². The van der Waals surface area contributed by atoms with E-state index in [4.69, 9.17) is 0 Å². The number of carbonyl (C=O) groups excluding carboxylic acids is 2. The third-order valence-electron chi connectivity index (χ3n) is 4.55. The number of amides is 2. The molecule has 1 aromatic carbocycles. The van der Waals surface area contributed by atoms with Crippen molar-refractivity contribution in [1.82, 2.24) is 10.2 Å². The van der Waals surface area contributed by atoms with Crippen molar-refractivity contribution < 1.29 is 22.8 Å². The molecule has 1 aromatic rings. The summed E-state index contributed by atoms with van der Waals surface area (Å²) < 4.78 is 39.0. The summed E-state index contributed by atoms with van der Waals surface area (Å²) in [5, 5.41) is 2.68. The van der Waals surface area contributed by atoms with Crippen molar-refractivity contribution in [3.8, 4) is 0 Å².